The summed E-state index contributed by atoms with van der Waals surface area (Å²) in [7, 11) is 0. The van der Waals surface area contributed by atoms with Crippen LogP contribution in [0.3, 0.4) is 0 Å². The summed E-state index contributed by atoms with van der Waals surface area (Å²) in [5.41, 5.74) is -0.483. The molecule has 0 radical (unpaired) electrons. The highest BCUT2D eigenvalue weighted by atomic mass is 16.5. The molecule has 80 valence electrons. The molecule has 1 saturated heterocycles. The molecule has 0 spiro atoms. The van der Waals surface area contributed by atoms with Crippen LogP contribution in [0, 0.1) is 35.0 Å². The Bertz CT molecular complexity index is 339. The van der Waals surface area contributed by atoms with E-state index < -0.39 is 5.41 Å². The lowest BCUT2D eigenvalue weighted by atomic mass is 9.74. The molecule has 15 heavy (non-hydrogen) atoms. The van der Waals surface area contributed by atoms with Crippen LogP contribution in [0.1, 0.15) is 26.2 Å². The van der Waals surface area contributed by atoms with Crippen LogP contribution >= 0.6 is 0 Å². The predicted octanol–water partition coefficient (Wildman–Crippen LogP) is 1.17. The molecule has 1 amide bonds. The molecule has 1 aliphatic heterocycles. The Kier molecular flexibility index (Phi) is 3.34. The van der Waals surface area contributed by atoms with E-state index in [9.17, 15) is 10.0 Å². The molecule has 1 aliphatic rings. The number of nitrogens with zero attached hydrogens (tertiary/aromatic N) is 2. The van der Waals surface area contributed by atoms with Crippen molar-refractivity contribution in [2.75, 3.05) is 6.54 Å². The minimum absolute atomic E-state index is 0.0617. The fourth-order valence-corrected chi connectivity index (χ4v) is 1.83. The topological polar surface area (TPSA) is 64.3 Å². The summed E-state index contributed by atoms with van der Waals surface area (Å²) in [6.07, 6.45) is 6.65. The molecule has 0 aromatic heterocycles. The van der Waals surface area contributed by atoms with Crippen LogP contribution in [0.4, 0.5) is 0 Å². The fraction of sp³-hybridized carbons (Fsp3) is 0.636. The van der Waals surface area contributed by atoms with Gasteiger partial charge in [-0.05, 0) is 13.3 Å². The van der Waals surface area contributed by atoms with Gasteiger partial charge in [-0.25, -0.2) is 5.06 Å². The van der Waals surface area contributed by atoms with Crippen LogP contribution in [0.25, 0.3) is 0 Å². The van der Waals surface area contributed by atoms with Crippen molar-refractivity contribution in [3.8, 4) is 18.4 Å². The second-order valence-electron chi connectivity index (χ2n) is 4.10. The number of hydrogen-bond donors (Lipinski definition) is 1. The zero-order valence-corrected chi connectivity index (χ0v) is 8.73. The van der Waals surface area contributed by atoms with Gasteiger partial charge in [-0.3, -0.25) is 10.0 Å². The molecule has 0 aromatic rings. The SMILES string of the molecule is C#C[C@](C)(CCC#N)[C@H]1CC(=O)N(O)C1. The predicted molar refractivity (Wildman–Crippen MR) is 53.4 cm³/mol. The third-order valence-corrected chi connectivity index (χ3v) is 3.09. The highest BCUT2D eigenvalue weighted by Crippen LogP contribution is 2.37. The molecule has 0 saturated carbocycles. The van der Waals surface area contributed by atoms with Gasteiger partial charge in [0.15, 0.2) is 0 Å². The van der Waals surface area contributed by atoms with Crippen molar-refractivity contribution in [2.24, 2.45) is 11.3 Å². The summed E-state index contributed by atoms with van der Waals surface area (Å²) in [5, 5.41) is 18.4. The molecule has 0 unspecified atom stereocenters. The smallest absolute Gasteiger partial charge is 0.246 e. The quantitative estimate of drug-likeness (QED) is 0.556. The molecular weight excluding hydrogens is 192 g/mol. The monoisotopic (exact) mass is 206 g/mol. The molecule has 1 fully saturated rings. The molecule has 4 heteroatoms. The zero-order chi connectivity index (χ0) is 11.5. The normalized spacial score (nSPS) is 24.4. The van der Waals surface area contributed by atoms with Crippen molar-refractivity contribution >= 4 is 5.91 Å². The van der Waals surface area contributed by atoms with E-state index in [1.54, 1.807) is 0 Å². The second-order valence-corrected chi connectivity index (χ2v) is 4.10. The maximum absolute atomic E-state index is 11.2. The number of terminal acetylenes is 1. The van der Waals surface area contributed by atoms with E-state index in [0.29, 0.717) is 17.9 Å². The van der Waals surface area contributed by atoms with Gasteiger partial charge in [-0.15, -0.1) is 6.42 Å². The molecule has 0 bridgehead atoms. The minimum Gasteiger partial charge on any atom is -0.286 e. The number of hydroxylamine groups is 2. The van der Waals surface area contributed by atoms with Gasteiger partial charge in [0.1, 0.15) is 0 Å². The summed E-state index contributed by atoms with van der Waals surface area (Å²) in [6.45, 7) is 2.13. The lowest BCUT2D eigenvalue weighted by Gasteiger charge is -2.28. The third kappa shape index (κ3) is 2.29. The van der Waals surface area contributed by atoms with E-state index in [1.165, 1.54) is 0 Å². The first-order valence-electron chi connectivity index (χ1n) is 4.87. The Labute approximate surface area is 89.4 Å². The highest BCUT2D eigenvalue weighted by molar-refractivity contribution is 5.77. The largest absolute Gasteiger partial charge is 0.286 e. The molecule has 4 nitrogen and oxygen atoms in total. The number of rotatable bonds is 3. The number of hydrogen-bond acceptors (Lipinski definition) is 3. The minimum atomic E-state index is -0.483. The van der Waals surface area contributed by atoms with Gasteiger partial charge in [0.25, 0.3) is 0 Å². The van der Waals surface area contributed by atoms with Crippen molar-refractivity contribution in [3.05, 3.63) is 0 Å². The maximum atomic E-state index is 11.2. The van der Waals surface area contributed by atoms with Crippen LogP contribution in [0.15, 0.2) is 0 Å². The lowest BCUT2D eigenvalue weighted by Crippen LogP contribution is -2.28. The first-order chi connectivity index (χ1) is 7.03. The van der Waals surface area contributed by atoms with E-state index in [-0.39, 0.29) is 24.8 Å². The Morgan fingerprint density at radius 3 is 2.87 bits per heavy atom. The van der Waals surface area contributed by atoms with Crippen molar-refractivity contribution in [2.45, 2.75) is 26.2 Å². The molecule has 0 aliphatic carbocycles. The van der Waals surface area contributed by atoms with Crippen LogP contribution in [-0.4, -0.2) is 22.7 Å². The van der Waals surface area contributed by atoms with Gasteiger partial charge in [-0.2, -0.15) is 5.26 Å². The second kappa shape index (κ2) is 4.33. The van der Waals surface area contributed by atoms with E-state index in [4.69, 9.17) is 11.7 Å². The van der Waals surface area contributed by atoms with Crippen molar-refractivity contribution < 1.29 is 10.0 Å². The first-order valence-corrected chi connectivity index (χ1v) is 4.87. The van der Waals surface area contributed by atoms with Gasteiger partial charge in [-0.1, -0.05) is 5.92 Å². The Balaban J connectivity index is 2.72. The summed E-state index contributed by atoms with van der Waals surface area (Å²) >= 11 is 0. The summed E-state index contributed by atoms with van der Waals surface area (Å²) in [4.78, 5) is 11.2. The van der Waals surface area contributed by atoms with Gasteiger partial charge in [0, 0.05) is 24.2 Å². The lowest BCUT2D eigenvalue weighted by molar-refractivity contribution is -0.157. The summed E-state index contributed by atoms with van der Waals surface area (Å²) in [6, 6.07) is 2.05. The maximum Gasteiger partial charge on any atom is 0.246 e. The van der Waals surface area contributed by atoms with Gasteiger partial charge in [0.2, 0.25) is 5.91 Å². The molecule has 1 N–H and O–H groups in total. The standard InChI is InChI=1S/C11H14N2O2/c1-3-11(2,5-4-6-12)9-7-10(14)13(15)8-9/h1,9,15H,4-5,7-8H2,2H3/t9-,11+/m0/s1. The molecule has 2 atom stereocenters. The Morgan fingerprint density at radius 2 is 2.47 bits per heavy atom. The number of nitriles is 1. The van der Waals surface area contributed by atoms with E-state index in [0.717, 1.165) is 0 Å². The Morgan fingerprint density at radius 1 is 1.80 bits per heavy atom. The van der Waals surface area contributed by atoms with Crippen LogP contribution < -0.4 is 0 Å². The zero-order valence-electron chi connectivity index (χ0n) is 8.73. The average Bonchev–Trinajstić information content (AvgIpc) is 2.56. The summed E-state index contributed by atoms with van der Waals surface area (Å²) < 4.78 is 0. The molecule has 0 aromatic carbocycles. The van der Waals surface area contributed by atoms with Gasteiger partial charge >= 0.3 is 0 Å². The van der Waals surface area contributed by atoms with Crippen molar-refractivity contribution in [1.29, 1.82) is 5.26 Å². The van der Waals surface area contributed by atoms with Crippen molar-refractivity contribution in [3.63, 3.8) is 0 Å². The molecule has 1 rings (SSSR count). The fourth-order valence-electron chi connectivity index (χ4n) is 1.83. The summed E-state index contributed by atoms with van der Waals surface area (Å²) in [5.74, 6) is 2.30. The first kappa shape index (κ1) is 11.6. The third-order valence-electron chi connectivity index (χ3n) is 3.09. The van der Waals surface area contributed by atoms with E-state index >= 15 is 0 Å². The number of amides is 1. The highest BCUT2D eigenvalue weighted by Gasteiger charge is 2.40. The van der Waals surface area contributed by atoms with Gasteiger partial charge in [0.05, 0.1) is 12.6 Å². The number of carbonyl (C=O) groups excluding carboxylic acids is 1. The van der Waals surface area contributed by atoms with E-state index in [2.05, 4.69) is 5.92 Å². The molecular formula is C11H14N2O2. The number of carbonyl (C=O) groups is 1. The molecule has 1 heterocycles. The van der Waals surface area contributed by atoms with Crippen molar-refractivity contribution in [1.82, 2.24) is 5.06 Å². The average molecular weight is 206 g/mol. The van der Waals surface area contributed by atoms with Gasteiger partial charge < -0.3 is 0 Å². The van der Waals surface area contributed by atoms with E-state index in [1.807, 2.05) is 13.0 Å². The Hall–Kier alpha value is -1.52. The van der Waals surface area contributed by atoms with Crippen LogP contribution in [0.5, 0.6) is 0 Å². The van der Waals surface area contributed by atoms with Crippen LogP contribution in [-0.2, 0) is 4.79 Å². The van der Waals surface area contributed by atoms with Crippen LogP contribution in [0.2, 0.25) is 0 Å².